The second-order valence-electron chi connectivity index (χ2n) is 5.74. The fourth-order valence-electron chi connectivity index (χ4n) is 2.54. The van der Waals surface area contributed by atoms with Crippen molar-refractivity contribution in [2.24, 2.45) is 0 Å². The lowest BCUT2D eigenvalue weighted by Gasteiger charge is -2.06. The van der Waals surface area contributed by atoms with E-state index in [1.807, 2.05) is 13.8 Å². The average molecular weight is 364 g/mol. The number of nitrogens with one attached hydrogen (secondary N) is 2. The molecule has 0 saturated heterocycles. The van der Waals surface area contributed by atoms with Crippen molar-refractivity contribution in [3.63, 3.8) is 0 Å². The van der Waals surface area contributed by atoms with Crippen molar-refractivity contribution >= 4 is 23.3 Å². The molecule has 0 aliphatic heterocycles. The molecule has 10 heteroatoms. The number of carbonyl (C=O) groups is 1. The Kier molecular flexibility index (Phi) is 4.58. The molecule has 3 heterocycles. The molecule has 0 fully saturated rings. The number of aryl methyl sites for hydroxylation is 3. The number of aromatic nitrogens is 6. The van der Waals surface area contributed by atoms with Gasteiger partial charge >= 0.3 is 0 Å². The summed E-state index contributed by atoms with van der Waals surface area (Å²) in [7, 11) is 0. The van der Waals surface area contributed by atoms with Gasteiger partial charge in [0.2, 0.25) is 0 Å². The minimum atomic E-state index is -0.478. The minimum absolute atomic E-state index is 0.0321. The SMILES string of the molecule is Cc1nc2ncc(C(=O)NCCCn3nc(C)c(Cl)c3C)c(=O)n2[nH]1. The van der Waals surface area contributed by atoms with E-state index in [1.165, 1.54) is 6.20 Å². The van der Waals surface area contributed by atoms with Gasteiger partial charge in [0, 0.05) is 19.3 Å². The lowest BCUT2D eigenvalue weighted by molar-refractivity contribution is 0.0950. The van der Waals surface area contributed by atoms with Gasteiger partial charge in [-0.05, 0) is 27.2 Å². The van der Waals surface area contributed by atoms with Crippen molar-refractivity contribution in [2.45, 2.75) is 33.7 Å². The number of hydrogen-bond acceptors (Lipinski definition) is 5. The van der Waals surface area contributed by atoms with Crippen LogP contribution in [0.4, 0.5) is 0 Å². The van der Waals surface area contributed by atoms with E-state index in [2.05, 4.69) is 25.5 Å². The van der Waals surface area contributed by atoms with Gasteiger partial charge in [-0.2, -0.15) is 14.6 Å². The summed E-state index contributed by atoms with van der Waals surface area (Å²) in [6, 6.07) is 0. The van der Waals surface area contributed by atoms with Crippen LogP contribution in [-0.4, -0.2) is 41.8 Å². The Labute approximate surface area is 148 Å². The van der Waals surface area contributed by atoms with Gasteiger partial charge in [0.1, 0.15) is 11.4 Å². The molecule has 9 nitrogen and oxygen atoms in total. The molecule has 0 aromatic carbocycles. The Morgan fingerprint density at radius 3 is 2.80 bits per heavy atom. The van der Waals surface area contributed by atoms with Crippen LogP contribution >= 0.6 is 11.6 Å². The number of halogens is 1. The molecule has 0 atom stereocenters. The van der Waals surface area contributed by atoms with E-state index in [0.29, 0.717) is 30.4 Å². The molecule has 1 amide bonds. The summed E-state index contributed by atoms with van der Waals surface area (Å²) in [5, 5.41) is 10.5. The van der Waals surface area contributed by atoms with Gasteiger partial charge in [-0.3, -0.25) is 19.4 Å². The van der Waals surface area contributed by atoms with Crippen molar-refractivity contribution in [1.29, 1.82) is 0 Å². The van der Waals surface area contributed by atoms with E-state index in [1.54, 1.807) is 11.6 Å². The molecule has 132 valence electrons. The Morgan fingerprint density at radius 2 is 2.12 bits per heavy atom. The van der Waals surface area contributed by atoms with Gasteiger partial charge < -0.3 is 5.32 Å². The third-order valence-corrected chi connectivity index (χ3v) is 4.40. The third-order valence-electron chi connectivity index (χ3n) is 3.85. The van der Waals surface area contributed by atoms with Crippen molar-refractivity contribution in [2.75, 3.05) is 6.54 Å². The lowest BCUT2D eigenvalue weighted by atomic mass is 10.3. The topological polar surface area (TPSA) is 110 Å². The number of amides is 1. The standard InChI is InChI=1S/C15H18ClN7O2/c1-8-12(16)9(2)22(20-8)6-4-5-17-13(24)11-7-18-15-19-10(3)21-23(15)14(11)25/h7H,4-6H2,1-3H3,(H,17,24)(H,18,19,21). The molecule has 0 radical (unpaired) electrons. The highest BCUT2D eigenvalue weighted by atomic mass is 35.5. The van der Waals surface area contributed by atoms with E-state index < -0.39 is 11.5 Å². The molecule has 3 aromatic rings. The van der Waals surface area contributed by atoms with Crippen LogP contribution in [0.1, 0.15) is 34.0 Å². The van der Waals surface area contributed by atoms with E-state index in [-0.39, 0.29) is 11.3 Å². The number of rotatable bonds is 5. The Morgan fingerprint density at radius 1 is 1.36 bits per heavy atom. The Balaban J connectivity index is 1.62. The Bertz CT molecular complexity index is 1000. The maximum atomic E-state index is 12.3. The summed E-state index contributed by atoms with van der Waals surface area (Å²) < 4.78 is 2.96. The van der Waals surface area contributed by atoms with Gasteiger partial charge in [0.25, 0.3) is 17.2 Å². The number of nitrogens with zero attached hydrogens (tertiary/aromatic N) is 5. The van der Waals surface area contributed by atoms with Crippen LogP contribution in [0.15, 0.2) is 11.0 Å². The van der Waals surface area contributed by atoms with Crippen LogP contribution in [0, 0.1) is 20.8 Å². The van der Waals surface area contributed by atoms with Crippen molar-refractivity contribution in [3.8, 4) is 0 Å². The van der Waals surface area contributed by atoms with Gasteiger partial charge in [0.15, 0.2) is 0 Å². The molecule has 2 N–H and O–H groups in total. The van der Waals surface area contributed by atoms with Gasteiger partial charge in [-0.25, -0.2) is 4.98 Å². The average Bonchev–Trinajstić information content (AvgIpc) is 3.07. The Hall–Kier alpha value is -2.68. The summed E-state index contributed by atoms with van der Waals surface area (Å²) in [5.74, 6) is 0.316. The number of H-pyrrole nitrogens is 1. The number of fused-ring (bicyclic) bond motifs is 1. The van der Waals surface area contributed by atoms with E-state index in [0.717, 1.165) is 15.9 Å². The maximum absolute atomic E-state index is 12.3. The second kappa shape index (κ2) is 6.67. The first-order valence-corrected chi connectivity index (χ1v) is 8.18. The minimum Gasteiger partial charge on any atom is -0.352 e. The van der Waals surface area contributed by atoms with Gasteiger partial charge in [-0.15, -0.1) is 0 Å². The third kappa shape index (κ3) is 3.27. The molecular weight excluding hydrogens is 346 g/mol. The van der Waals surface area contributed by atoms with Gasteiger partial charge in [-0.1, -0.05) is 11.6 Å². The monoisotopic (exact) mass is 363 g/mol. The second-order valence-corrected chi connectivity index (χ2v) is 6.12. The summed E-state index contributed by atoms with van der Waals surface area (Å²) in [5.41, 5.74) is 1.17. The van der Waals surface area contributed by atoms with Crippen LogP contribution in [0.2, 0.25) is 5.02 Å². The fourth-order valence-corrected chi connectivity index (χ4v) is 2.67. The highest BCUT2D eigenvalue weighted by Crippen LogP contribution is 2.18. The first-order valence-electron chi connectivity index (χ1n) is 7.80. The molecule has 0 bridgehead atoms. The van der Waals surface area contributed by atoms with E-state index in [4.69, 9.17) is 11.6 Å². The molecule has 0 aliphatic rings. The van der Waals surface area contributed by atoms with E-state index in [9.17, 15) is 9.59 Å². The smallest absolute Gasteiger partial charge is 0.286 e. The number of aromatic amines is 1. The normalized spacial score (nSPS) is 11.2. The molecule has 0 saturated carbocycles. The fraction of sp³-hybridized carbons (Fsp3) is 0.400. The zero-order valence-corrected chi connectivity index (χ0v) is 14.9. The number of hydrogen-bond donors (Lipinski definition) is 2. The largest absolute Gasteiger partial charge is 0.352 e. The predicted molar refractivity (Wildman–Crippen MR) is 92.0 cm³/mol. The first-order chi connectivity index (χ1) is 11.9. The van der Waals surface area contributed by atoms with Crippen LogP contribution in [0.3, 0.4) is 0 Å². The van der Waals surface area contributed by atoms with Crippen LogP contribution in [-0.2, 0) is 6.54 Å². The summed E-state index contributed by atoms with van der Waals surface area (Å²) in [4.78, 5) is 32.6. The molecular formula is C15H18ClN7O2. The first kappa shape index (κ1) is 17.2. The highest BCUT2D eigenvalue weighted by Gasteiger charge is 2.15. The summed E-state index contributed by atoms with van der Waals surface area (Å²) in [6.45, 7) is 6.48. The molecule has 0 unspecified atom stereocenters. The van der Waals surface area contributed by atoms with Crippen molar-refractivity contribution < 1.29 is 4.79 Å². The van der Waals surface area contributed by atoms with Crippen LogP contribution in [0.5, 0.6) is 0 Å². The molecule has 3 aromatic heterocycles. The molecule has 25 heavy (non-hydrogen) atoms. The summed E-state index contributed by atoms with van der Waals surface area (Å²) in [6.07, 6.45) is 1.90. The molecule has 0 aliphatic carbocycles. The zero-order valence-electron chi connectivity index (χ0n) is 14.1. The lowest BCUT2D eigenvalue weighted by Crippen LogP contribution is -2.32. The van der Waals surface area contributed by atoms with Crippen molar-refractivity contribution in [3.05, 3.63) is 44.3 Å². The maximum Gasteiger partial charge on any atom is 0.286 e. The molecule has 0 spiro atoms. The van der Waals surface area contributed by atoms with Crippen molar-refractivity contribution in [1.82, 2.24) is 34.7 Å². The van der Waals surface area contributed by atoms with Crippen LogP contribution in [0.25, 0.3) is 5.78 Å². The predicted octanol–water partition coefficient (Wildman–Crippen LogP) is 1.01. The quantitative estimate of drug-likeness (QED) is 0.657. The zero-order chi connectivity index (χ0) is 18.1. The summed E-state index contributed by atoms with van der Waals surface area (Å²) >= 11 is 6.10. The highest BCUT2D eigenvalue weighted by molar-refractivity contribution is 6.31. The van der Waals surface area contributed by atoms with Crippen LogP contribution < -0.4 is 10.9 Å². The van der Waals surface area contributed by atoms with Gasteiger partial charge in [0.05, 0.1) is 16.4 Å². The van der Waals surface area contributed by atoms with E-state index >= 15 is 0 Å². The molecule has 3 rings (SSSR count). The number of carbonyl (C=O) groups excluding carboxylic acids is 1.